The van der Waals surface area contributed by atoms with Crippen molar-refractivity contribution in [3.05, 3.63) is 24.8 Å². The zero-order valence-corrected chi connectivity index (χ0v) is 8.76. The molecule has 2 bridgehead atoms. The molecule has 15 heavy (non-hydrogen) atoms. The van der Waals surface area contributed by atoms with Crippen LogP contribution in [0.1, 0.15) is 19.3 Å². The molecule has 2 saturated carbocycles. The molecule has 0 saturated heterocycles. The Morgan fingerprint density at radius 2 is 2.27 bits per heavy atom. The first kappa shape index (κ1) is 9.20. The van der Waals surface area contributed by atoms with Crippen molar-refractivity contribution in [3.63, 3.8) is 0 Å². The van der Waals surface area contributed by atoms with Crippen LogP contribution in [0.15, 0.2) is 24.8 Å². The lowest BCUT2D eigenvalue weighted by Crippen LogP contribution is -2.31. The van der Waals surface area contributed by atoms with Crippen molar-refractivity contribution >= 4 is 5.97 Å². The Morgan fingerprint density at radius 3 is 3.07 bits per heavy atom. The fraction of sp³-hybridized carbons (Fsp3) is 0.615. The van der Waals surface area contributed by atoms with Crippen LogP contribution in [0, 0.1) is 23.7 Å². The summed E-state index contributed by atoms with van der Waals surface area (Å²) in [7, 11) is 0. The summed E-state index contributed by atoms with van der Waals surface area (Å²) in [5.41, 5.74) is 0. The van der Waals surface area contributed by atoms with E-state index in [-0.39, 0.29) is 12.1 Å². The number of fused-ring (bicyclic) bond motifs is 5. The number of hydrogen-bond acceptors (Lipinski definition) is 2. The maximum atomic E-state index is 11.2. The zero-order chi connectivity index (χ0) is 10.4. The number of rotatable bonds is 2. The fourth-order valence-corrected chi connectivity index (χ4v) is 3.83. The summed E-state index contributed by atoms with van der Waals surface area (Å²) in [6.45, 7) is 3.44. The van der Waals surface area contributed by atoms with Gasteiger partial charge in [-0.2, -0.15) is 0 Å². The van der Waals surface area contributed by atoms with Crippen LogP contribution in [0.2, 0.25) is 0 Å². The number of hydrogen-bond donors (Lipinski definition) is 0. The van der Waals surface area contributed by atoms with E-state index in [1.165, 1.54) is 18.9 Å². The molecule has 0 aromatic carbocycles. The van der Waals surface area contributed by atoms with E-state index in [1.807, 2.05) is 0 Å². The smallest absolute Gasteiger partial charge is 0.330 e. The normalized spacial score (nSPS) is 45.5. The molecule has 2 heteroatoms. The van der Waals surface area contributed by atoms with Gasteiger partial charge >= 0.3 is 5.97 Å². The first-order valence-electron chi connectivity index (χ1n) is 5.79. The second-order valence-corrected chi connectivity index (χ2v) is 4.98. The molecule has 5 atom stereocenters. The minimum atomic E-state index is -0.255. The van der Waals surface area contributed by atoms with Crippen molar-refractivity contribution in [1.29, 1.82) is 0 Å². The van der Waals surface area contributed by atoms with Crippen molar-refractivity contribution in [1.82, 2.24) is 0 Å². The Hall–Kier alpha value is -1.05. The second-order valence-electron chi connectivity index (χ2n) is 4.98. The third kappa shape index (κ3) is 1.27. The zero-order valence-electron chi connectivity index (χ0n) is 8.76. The van der Waals surface area contributed by atoms with Crippen molar-refractivity contribution in [2.24, 2.45) is 23.7 Å². The lowest BCUT2D eigenvalue weighted by atomic mass is 9.80. The number of carbonyl (C=O) groups is 1. The van der Waals surface area contributed by atoms with Crippen LogP contribution >= 0.6 is 0 Å². The van der Waals surface area contributed by atoms with Gasteiger partial charge in [-0.15, -0.1) is 0 Å². The average molecular weight is 204 g/mol. The highest BCUT2D eigenvalue weighted by Gasteiger charge is 2.53. The van der Waals surface area contributed by atoms with Crippen LogP contribution in [-0.4, -0.2) is 12.1 Å². The average Bonchev–Trinajstić information content (AvgIpc) is 2.87. The van der Waals surface area contributed by atoms with Gasteiger partial charge in [-0.05, 0) is 42.9 Å². The molecule has 3 rings (SSSR count). The van der Waals surface area contributed by atoms with Gasteiger partial charge in [0.1, 0.15) is 6.10 Å². The number of allylic oxidation sites excluding steroid dienone is 2. The van der Waals surface area contributed by atoms with E-state index in [0.29, 0.717) is 5.92 Å². The summed E-state index contributed by atoms with van der Waals surface area (Å²) >= 11 is 0. The topological polar surface area (TPSA) is 26.3 Å². The van der Waals surface area contributed by atoms with Crippen LogP contribution in [0.4, 0.5) is 0 Å². The van der Waals surface area contributed by atoms with Gasteiger partial charge in [0.25, 0.3) is 0 Å². The summed E-state index contributed by atoms with van der Waals surface area (Å²) in [4.78, 5) is 11.2. The Labute approximate surface area is 90.0 Å². The molecule has 0 amide bonds. The van der Waals surface area contributed by atoms with Gasteiger partial charge in [0.15, 0.2) is 0 Å². The molecule has 80 valence electrons. The van der Waals surface area contributed by atoms with E-state index in [1.54, 1.807) is 0 Å². The molecule has 3 aliphatic rings. The minimum Gasteiger partial charge on any atom is -0.459 e. The van der Waals surface area contributed by atoms with Gasteiger partial charge in [0.05, 0.1) is 0 Å². The molecular formula is C13H16O2. The van der Waals surface area contributed by atoms with E-state index in [9.17, 15) is 4.79 Å². The predicted octanol–water partition coefficient (Wildman–Crippen LogP) is 2.32. The van der Waals surface area contributed by atoms with Crippen molar-refractivity contribution in [2.75, 3.05) is 0 Å². The van der Waals surface area contributed by atoms with Crippen molar-refractivity contribution in [2.45, 2.75) is 25.4 Å². The van der Waals surface area contributed by atoms with Crippen LogP contribution in [0.5, 0.6) is 0 Å². The molecule has 3 aliphatic carbocycles. The van der Waals surface area contributed by atoms with Gasteiger partial charge in [-0.25, -0.2) is 4.79 Å². The number of ether oxygens (including phenoxy) is 1. The van der Waals surface area contributed by atoms with E-state index in [2.05, 4.69) is 18.7 Å². The molecule has 0 unspecified atom stereocenters. The monoisotopic (exact) mass is 204 g/mol. The van der Waals surface area contributed by atoms with Crippen molar-refractivity contribution < 1.29 is 9.53 Å². The molecule has 0 heterocycles. The van der Waals surface area contributed by atoms with Gasteiger partial charge in [-0.1, -0.05) is 18.7 Å². The van der Waals surface area contributed by atoms with Gasteiger partial charge in [0, 0.05) is 6.08 Å². The second kappa shape index (κ2) is 3.22. The molecular weight excluding hydrogens is 188 g/mol. The molecule has 2 fully saturated rings. The van der Waals surface area contributed by atoms with E-state index in [4.69, 9.17) is 4.74 Å². The molecule has 0 aromatic heterocycles. The fourth-order valence-electron chi connectivity index (χ4n) is 3.83. The van der Waals surface area contributed by atoms with Gasteiger partial charge < -0.3 is 4.74 Å². The van der Waals surface area contributed by atoms with Crippen LogP contribution in [0.3, 0.4) is 0 Å². The maximum Gasteiger partial charge on any atom is 0.330 e. The molecule has 0 spiro atoms. The highest BCUT2D eigenvalue weighted by Crippen LogP contribution is 2.57. The third-order valence-corrected chi connectivity index (χ3v) is 4.38. The highest BCUT2D eigenvalue weighted by atomic mass is 16.5. The number of carbonyl (C=O) groups excluding carboxylic acids is 1. The van der Waals surface area contributed by atoms with Crippen LogP contribution in [0.25, 0.3) is 0 Å². The lowest BCUT2D eigenvalue weighted by Gasteiger charge is -2.30. The molecule has 0 aromatic rings. The Bertz CT molecular complexity index is 331. The lowest BCUT2D eigenvalue weighted by molar-refractivity contribution is -0.146. The third-order valence-electron chi connectivity index (χ3n) is 4.38. The predicted molar refractivity (Wildman–Crippen MR) is 57.0 cm³/mol. The van der Waals surface area contributed by atoms with E-state index < -0.39 is 0 Å². The SMILES string of the molecule is C=CC(=O)O[C@@H]1C[C@H]2C[C@@H]1[C@H]1CC=C[C@@H]21. The standard InChI is InChI=1S/C13H16O2/c1-2-13(14)15-12-7-8-6-11(12)10-5-3-4-9(8)10/h2-4,8-12H,1,5-7H2/t8-,9+,10+,11-,12-/m1/s1. The summed E-state index contributed by atoms with van der Waals surface area (Å²) in [5, 5.41) is 0. The molecule has 0 N–H and O–H groups in total. The van der Waals surface area contributed by atoms with E-state index >= 15 is 0 Å². The summed E-state index contributed by atoms with van der Waals surface area (Å²) in [5.74, 6) is 2.66. The highest BCUT2D eigenvalue weighted by molar-refractivity contribution is 5.81. The Balaban J connectivity index is 1.71. The maximum absolute atomic E-state index is 11.2. The van der Waals surface area contributed by atoms with Crippen LogP contribution in [-0.2, 0) is 9.53 Å². The minimum absolute atomic E-state index is 0.168. The first-order valence-corrected chi connectivity index (χ1v) is 5.79. The quantitative estimate of drug-likeness (QED) is 0.392. The van der Waals surface area contributed by atoms with Gasteiger partial charge in [0.2, 0.25) is 0 Å². The number of esters is 1. The molecule has 0 radical (unpaired) electrons. The Kier molecular flexibility index (Phi) is 1.98. The first-order chi connectivity index (χ1) is 7.29. The largest absolute Gasteiger partial charge is 0.459 e. The summed E-state index contributed by atoms with van der Waals surface area (Å²) in [6.07, 6.45) is 9.63. The molecule has 2 nitrogen and oxygen atoms in total. The van der Waals surface area contributed by atoms with Crippen molar-refractivity contribution in [3.8, 4) is 0 Å². The van der Waals surface area contributed by atoms with Gasteiger partial charge in [-0.3, -0.25) is 0 Å². The Morgan fingerprint density at radius 1 is 1.40 bits per heavy atom. The summed E-state index contributed by atoms with van der Waals surface area (Å²) in [6, 6.07) is 0. The van der Waals surface area contributed by atoms with Crippen LogP contribution < -0.4 is 0 Å². The summed E-state index contributed by atoms with van der Waals surface area (Å²) < 4.78 is 5.42. The molecule has 0 aliphatic heterocycles. The van der Waals surface area contributed by atoms with E-state index in [0.717, 1.165) is 24.2 Å².